The molecule has 1 radical (unpaired) electrons. The average molecular weight is 221 g/mol. The van der Waals surface area contributed by atoms with E-state index in [4.69, 9.17) is 0 Å². The van der Waals surface area contributed by atoms with Crippen molar-refractivity contribution in [3.05, 3.63) is 0 Å². The molecule has 0 aromatic carbocycles. The minimum Gasteiger partial charge on any atom is -0.182 e. The molecule has 1 aliphatic heterocycles. The summed E-state index contributed by atoms with van der Waals surface area (Å²) in [5, 5.41) is 0.0208. The summed E-state index contributed by atoms with van der Waals surface area (Å²) in [4.78, 5) is 0. The normalized spacial score (nSPS) is 26.8. The molecule has 1 atom stereocenters. The summed E-state index contributed by atoms with van der Waals surface area (Å²) in [5.41, 5.74) is -1.47. The van der Waals surface area contributed by atoms with Crippen LogP contribution >= 0.6 is 0 Å². The van der Waals surface area contributed by atoms with E-state index in [-0.39, 0.29) is 5.01 Å². The van der Waals surface area contributed by atoms with Crippen LogP contribution in [0.1, 0.15) is 13.8 Å². The van der Waals surface area contributed by atoms with Crippen molar-refractivity contribution in [2.24, 2.45) is 0 Å². The van der Waals surface area contributed by atoms with Crippen LogP contribution in [0.2, 0.25) is 0 Å². The summed E-state index contributed by atoms with van der Waals surface area (Å²) in [5.74, 6) is 0. The maximum absolute atomic E-state index is 12.1. The van der Waals surface area contributed by atoms with Crippen molar-refractivity contribution in [2.45, 2.75) is 37.9 Å². The van der Waals surface area contributed by atoms with Crippen LogP contribution in [0.5, 0.6) is 0 Å². The third-order valence-corrected chi connectivity index (χ3v) is 1.82. The van der Waals surface area contributed by atoms with Gasteiger partial charge in [-0.2, -0.15) is 31.4 Å². The number of alkyl halides is 6. The molecule has 0 amide bonds. The molecule has 0 N–H and O–H groups in total. The summed E-state index contributed by atoms with van der Waals surface area (Å²) in [7, 11) is 0. The highest BCUT2D eigenvalue weighted by molar-refractivity contribution is 5.10. The fourth-order valence-corrected chi connectivity index (χ4v) is 1.16. The lowest BCUT2D eigenvalue weighted by atomic mass is 10.2. The molecule has 1 rings (SSSR count). The van der Waals surface area contributed by atoms with Crippen LogP contribution in [0.3, 0.4) is 0 Å². The first-order chi connectivity index (χ1) is 6.04. The van der Waals surface area contributed by atoms with E-state index in [1.807, 2.05) is 0 Å². The quantitative estimate of drug-likeness (QED) is 0.489. The van der Waals surface area contributed by atoms with E-state index in [0.717, 1.165) is 0 Å². The van der Waals surface area contributed by atoms with Gasteiger partial charge in [0.15, 0.2) is 0 Å². The Hall–Kier alpha value is -0.500. The molecular weight excluding hydrogens is 214 g/mol. The zero-order valence-electron chi connectivity index (χ0n) is 7.24. The molecule has 14 heavy (non-hydrogen) atoms. The fraction of sp³-hybridized carbons (Fsp3) is 1.00. The molecule has 1 aliphatic rings. The third kappa shape index (κ3) is 1.36. The molecule has 0 spiro atoms. The highest BCUT2D eigenvalue weighted by Crippen LogP contribution is 2.54. The van der Waals surface area contributed by atoms with E-state index in [1.165, 1.54) is 13.8 Å². The van der Waals surface area contributed by atoms with E-state index in [2.05, 4.69) is 5.43 Å². The Morgan fingerprint density at radius 1 is 1.00 bits per heavy atom. The number of nitrogens with zero attached hydrogens (tertiary/aromatic N) is 2. The lowest BCUT2D eigenvalue weighted by molar-refractivity contribution is -0.281. The van der Waals surface area contributed by atoms with Crippen molar-refractivity contribution < 1.29 is 26.3 Å². The van der Waals surface area contributed by atoms with Crippen molar-refractivity contribution >= 4 is 0 Å². The minimum absolute atomic E-state index is 0.0208. The maximum atomic E-state index is 12.1. The molecular formula is C6H7F6N2. The second kappa shape index (κ2) is 2.75. The Morgan fingerprint density at radius 2 is 1.36 bits per heavy atom. The zero-order chi connectivity index (χ0) is 11.4. The zero-order valence-corrected chi connectivity index (χ0v) is 7.24. The largest absolute Gasteiger partial charge is 0.433 e. The van der Waals surface area contributed by atoms with Gasteiger partial charge >= 0.3 is 18.0 Å². The molecule has 1 fully saturated rings. The second-order valence-electron chi connectivity index (χ2n) is 3.21. The molecule has 1 unspecified atom stereocenters. The molecule has 2 nitrogen and oxygen atoms in total. The van der Waals surface area contributed by atoms with Gasteiger partial charge in [-0.25, -0.2) is 0 Å². The van der Waals surface area contributed by atoms with Crippen LogP contribution < -0.4 is 5.43 Å². The molecule has 1 heterocycles. The van der Waals surface area contributed by atoms with Gasteiger partial charge in [0, 0.05) is 6.04 Å². The molecule has 0 saturated carbocycles. The number of rotatable bonds is 1. The van der Waals surface area contributed by atoms with Crippen molar-refractivity contribution in [1.82, 2.24) is 10.4 Å². The lowest BCUT2D eigenvalue weighted by Gasteiger charge is -2.21. The highest BCUT2D eigenvalue weighted by atomic mass is 19.4. The molecule has 0 bridgehead atoms. The monoisotopic (exact) mass is 221 g/mol. The second-order valence-corrected chi connectivity index (χ2v) is 3.21. The van der Waals surface area contributed by atoms with Gasteiger partial charge in [0.2, 0.25) is 0 Å². The first-order valence-corrected chi connectivity index (χ1v) is 3.69. The van der Waals surface area contributed by atoms with Gasteiger partial charge in [-0.3, -0.25) is 0 Å². The van der Waals surface area contributed by atoms with Crippen LogP contribution in [0.25, 0.3) is 0 Å². The summed E-state index contributed by atoms with van der Waals surface area (Å²) >= 11 is 0. The Labute approximate surface area is 75.8 Å². The van der Waals surface area contributed by atoms with E-state index in [1.54, 1.807) is 0 Å². The van der Waals surface area contributed by atoms with Crippen LogP contribution in [-0.4, -0.2) is 29.1 Å². The Bertz CT molecular complexity index is 215. The molecule has 0 aromatic rings. The first kappa shape index (κ1) is 11.6. The predicted molar refractivity (Wildman–Crippen MR) is 34.0 cm³/mol. The van der Waals surface area contributed by atoms with Crippen LogP contribution in [0.4, 0.5) is 26.3 Å². The number of hydrogen-bond acceptors (Lipinski definition) is 1. The van der Waals surface area contributed by atoms with Gasteiger partial charge in [-0.05, 0) is 13.8 Å². The molecule has 8 heteroatoms. The highest BCUT2D eigenvalue weighted by Gasteiger charge is 2.86. The van der Waals surface area contributed by atoms with Crippen molar-refractivity contribution in [3.8, 4) is 0 Å². The fourth-order valence-electron chi connectivity index (χ4n) is 1.16. The molecule has 0 aromatic heterocycles. The van der Waals surface area contributed by atoms with Crippen molar-refractivity contribution in [1.29, 1.82) is 0 Å². The van der Waals surface area contributed by atoms with Gasteiger partial charge in [-0.15, -0.1) is 5.43 Å². The SMILES string of the molecule is CC(C)N1[N]C1(C(F)(F)F)C(F)(F)F. The van der Waals surface area contributed by atoms with E-state index >= 15 is 0 Å². The van der Waals surface area contributed by atoms with Crippen LogP contribution in [-0.2, 0) is 0 Å². The van der Waals surface area contributed by atoms with Gasteiger partial charge in [0.25, 0.3) is 0 Å². The summed E-state index contributed by atoms with van der Waals surface area (Å²) < 4.78 is 72.9. The van der Waals surface area contributed by atoms with E-state index in [0.29, 0.717) is 0 Å². The van der Waals surface area contributed by atoms with Gasteiger partial charge < -0.3 is 0 Å². The summed E-state index contributed by atoms with van der Waals surface area (Å²) in [6.45, 7) is 2.42. The first-order valence-electron chi connectivity index (χ1n) is 3.69. The molecule has 1 saturated heterocycles. The predicted octanol–water partition coefficient (Wildman–Crippen LogP) is 2.05. The van der Waals surface area contributed by atoms with Gasteiger partial charge in [-0.1, -0.05) is 0 Å². The van der Waals surface area contributed by atoms with Crippen molar-refractivity contribution in [3.63, 3.8) is 0 Å². The molecule has 0 aliphatic carbocycles. The van der Waals surface area contributed by atoms with E-state index in [9.17, 15) is 26.3 Å². The topological polar surface area (TPSA) is 17.1 Å². The third-order valence-electron chi connectivity index (χ3n) is 1.82. The van der Waals surface area contributed by atoms with Gasteiger partial charge in [0.05, 0.1) is 0 Å². The number of halogens is 6. The smallest absolute Gasteiger partial charge is 0.182 e. The van der Waals surface area contributed by atoms with E-state index < -0.39 is 24.1 Å². The van der Waals surface area contributed by atoms with Crippen LogP contribution in [0, 0.1) is 0 Å². The average Bonchev–Trinajstić information content (AvgIpc) is 2.54. The Kier molecular flexibility index (Phi) is 2.28. The molecule has 83 valence electrons. The lowest BCUT2D eigenvalue weighted by Crippen LogP contribution is -2.51. The van der Waals surface area contributed by atoms with Gasteiger partial charge in [0.1, 0.15) is 0 Å². The number of hydrogen-bond donors (Lipinski definition) is 0. The Balaban J connectivity index is 3.00. The van der Waals surface area contributed by atoms with Crippen LogP contribution in [0.15, 0.2) is 0 Å². The van der Waals surface area contributed by atoms with Crippen molar-refractivity contribution in [2.75, 3.05) is 0 Å². The Morgan fingerprint density at radius 3 is 1.43 bits per heavy atom. The summed E-state index contributed by atoms with van der Waals surface area (Å²) in [6, 6.07) is -0.932. The minimum atomic E-state index is -5.42. The standard InChI is InChI=1S/C6H7F6N2/c1-3(2)14-4(13-14,5(7,8)9)6(10,11)12/h3H,1-2H3. The maximum Gasteiger partial charge on any atom is 0.433 e. The summed E-state index contributed by atoms with van der Waals surface area (Å²) in [6.07, 6.45) is -10.8.